The fraction of sp³-hybridized carbons (Fsp3) is 0.647. The van der Waals surface area contributed by atoms with Gasteiger partial charge in [0.1, 0.15) is 5.82 Å². The highest BCUT2D eigenvalue weighted by Crippen LogP contribution is 2.32. The van der Waals surface area contributed by atoms with Gasteiger partial charge in [0.05, 0.1) is 0 Å². The summed E-state index contributed by atoms with van der Waals surface area (Å²) in [4.78, 5) is 0. The quantitative estimate of drug-likeness (QED) is 0.731. The van der Waals surface area contributed by atoms with Crippen LogP contribution in [0.4, 0.5) is 4.39 Å². The van der Waals surface area contributed by atoms with E-state index in [0.717, 1.165) is 29.5 Å². The number of nitrogens with one attached hydrogen (secondary N) is 1. The molecule has 0 fully saturated rings. The van der Waals surface area contributed by atoms with Crippen molar-refractivity contribution in [3.8, 4) is 0 Å². The van der Waals surface area contributed by atoms with Gasteiger partial charge < -0.3 is 5.32 Å². The maximum Gasteiger partial charge on any atom is 0.127 e. The van der Waals surface area contributed by atoms with E-state index in [1.165, 1.54) is 0 Å². The van der Waals surface area contributed by atoms with Crippen molar-refractivity contribution in [2.75, 3.05) is 13.1 Å². The molecule has 0 saturated carbocycles. The smallest absolute Gasteiger partial charge is 0.127 e. The van der Waals surface area contributed by atoms with Gasteiger partial charge in [0, 0.05) is 11.0 Å². The van der Waals surface area contributed by atoms with Crippen LogP contribution in [-0.2, 0) is 6.42 Å². The Labute approximate surface area is 131 Å². The molecule has 0 heterocycles. The van der Waals surface area contributed by atoms with Gasteiger partial charge in [-0.15, -0.1) is 0 Å². The zero-order chi connectivity index (χ0) is 15.3. The average Bonchev–Trinajstić information content (AvgIpc) is 2.32. The van der Waals surface area contributed by atoms with E-state index in [4.69, 9.17) is 0 Å². The molecule has 114 valence electrons. The molecule has 0 amide bonds. The van der Waals surface area contributed by atoms with Gasteiger partial charge in [0.25, 0.3) is 0 Å². The van der Waals surface area contributed by atoms with Gasteiger partial charge in [-0.3, -0.25) is 0 Å². The number of halogens is 2. The minimum Gasteiger partial charge on any atom is -0.316 e. The van der Waals surface area contributed by atoms with Crippen LogP contribution in [0.2, 0.25) is 0 Å². The number of rotatable bonds is 7. The lowest BCUT2D eigenvalue weighted by molar-refractivity contribution is 0.203. The van der Waals surface area contributed by atoms with E-state index in [0.29, 0.717) is 11.8 Å². The molecule has 0 bridgehead atoms. The Kier molecular flexibility index (Phi) is 6.67. The third-order valence-electron chi connectivity index (χ3n) is 4.08. The van der Waals surface area contributed by atoms with Gasteiger partial charge >= 0.3 is 0 Å². The minimum absolute atomic E-state index is 0.0591. The monoisotopic (exact) mass is 343 g/mol. The summed E-state index contributed by atoms with van der Waals surface area (Å²) in [6.07, 6.45) is 0.759. The van der Waals surface area contributed by atoms with E-state index in [9.17, 15) is 4.39 Å². The summed E-state index contributed by atoms with van der Waals surface area (Å²) >= 11 is 3.31. The van der Waals surface area contributed by atoms with Crippen molar-refractivity contribution in [3.05, 3.63) is 34.1 Å². The highest BCUT2D eigenvalue weighted by Gasteiger charge is 2.29. The largest absolute Gasteiger partial charge is 0.316 e. The minimum atomic E-state index is -0.116. The van der Waals surface area contributed by atoms with Crippen LogP contribution in [0.3, 0.4) is 0 Å². The van der Waals surface area contributed by atoms with E-state index >= 15 is 0 Å². The molecule has 0 aliphatic heterocycles. The Bertz CT molecular complexity index is 431. The van der Waals surface area contributed by atoms with Gasteiger partial charge in [-0.1, -0.05) is 56.6 Å². The van der Waals surface area contributed by atoms with E-state index in [2.05, 4.69) is 55.9 Å². The average molecular weight is 344 g/mol. The molecule has 0 radical (unpaired) electrons. The normalized spacial score (nSPS) is 14.8. The maximum atomic E-state index is 14.0. The molecular weight excluding hydrogens is 317 g/mol. The molecule has 1 unspecified atom stereocenters. The number of hydrogen-bond donors (Lipinski definition) is 1. The molecule has 0 spiro atoms. The second kappa shape index (κ2) is 7.56. The molecule has 1 aromatic rings. The predicted molar refractivity (Wildman–Crippen MR) is 88.5 cm³/mol. The van der Waals surface area contributed by atoms with Crippen LogP contribution in [0.25, 0.3) is 0 Å². The molecule has 1 N–H and O–H groups in total. The summed E-state index contributed by atoms with van der Waals surface area (Å²) in [5.74, 6) is 1.01. The molecule has 0 aliphatic carbocycles. The Morgan fingerprint density at radius 1 is 1.25 bits per heavy atom. The van der Waals surface area contributed by atoms with Gasteiger partial charge in [0.2, 0.25) is 0 Å². The van der Waals surface area contributed by atoms with E-state index in [1.807, 2.05) is 12.1 Å². The first-order valence-corrected chi connectivity index (χ1v) is 8.18. The molecule has 1 nitrogen and oxygen atoms in total. The van der Waals surface area contributed by atoms with Crippen LogP contribution in [0, 0.1) is 23.1 Å². The Morgan fingerprint density at radius 2 is 1.90 bits per heavy atom. The standard InChI is InChI=1S/C17H27BrFN/c1-12(2)10-20-11-17(5,13(3)4)9-14-6-7-15(18)8-16(14)19/h6-8,12-13,20H,9-11H2,1-5H3. The summed E-state index contributed by atoms with van der Waals surface area (Å²) < 4.78 is 14.8. The summed E-state index contributed by atoms with van der Waals surface area (Å²) in [6.45, 7) is 13.0. The molecule has 1 rings (SSSR count). The first-order chi connectivity index (χ1) is 9.24. The SMILES string of the molecule is CC(C)CNCC(C)(Cc1ccc(Br)cc1F)C(C)C. The van der Waals surface area contributed by atoms with Crippen molar-refractivity contribution >= 4 is 15.9 Å². The molecular formula is C17H27BrFN. The highest BCUT2D eigenvalue weighted by molar-refractivity contribution is 9.10. The van der Waals surface area contributed by atoms with Gasteiger partial charge in [-0.05, 0) is 47.9 Å². The van der Waals surface area contributed by atoms with Crippen LogP contribution in [0.5, 0.6) is 0 Å². The van der Waals surface area contributed by atoms with Crippen molar-refractivity contribution in [1.82, 2.24) is 5.32 Å². The first-order valence-electron chi connectivity index (χ1n) is 7.39. The third-order valence-corrected chi connectivity index (χ3v) is 4.58. The van der Waals surface area contributed by atoms with Crippen molar-refractivity contribution in [1.29, 1.82) is 0 Å². The highest BCUT2D eigenvalue weighted by atomic mass is 79.9. The maximum absolute atomic E-state index is 14.0. The topological polar surface area (TPSA) is 12.0 Å². The Hall–Kier alpha value is -0.410. The number of hydrogen-bond acceptors (Lipinski definition) is 1. The molecule has 0 aromatic heterocycles. The van der Waals surface area contributed by atoms with Gasteiger partial charge in [-0.2, -0.15) is 0 Å². The van der Waals surface area contributed by atoms with Crippen LogP contribution >= 0.6 is 15.9 Å². The second-order valence-corrected chi connectivity index (χ2v) is 7.66. The Morgan fingerprint density at radius 3 is 2.40 bits per heavy atom. The summed E-state index contributed by atoms with van der Waals surface area (Å²) in [7, 11) is 0. The number of benzene rings is 1. The second-order valence-electron chi connectivity index (χ2n) is 6.75. The lowest BCUT2D eigenvalue weighted by Crippen LogP contribution is -2.39. The summed E-state index contributed by atoms with van der Waals surface area (Å²) in [6, 6.07) is 5.36. The molecule has 0 saturated heterocycles. The van der Waals surface area contributed by atoms with Crippen LogP contribution < -0.4 is 5.32 Å². The van der Waals surface area contributed by atoms with Crippen molar-refractivity contribution < 1.29 is 4.39 Å². The van der Waals surface area contributed by atoms with Crippen LogP contribution in [-0.4, -0.2) is 13.1 Å². The lowest BCUT2D eigenvalue weighted by atomic mass is 9.74. The molecule has 1 aromatic carbocycles. The van der Waals surface area contributed by atoms with Crippen molar-refractivity contribution in [2.24, 2.45) is 17.3 Å². The van der Waals surface area contributed by atoms with Gasteiger partial charge in [-0.25, -0.2) is 4.39 Å². The summed E-state index contributed by atoms with van der Waals surface area (Å²) in [5, 5.41) is 3.53. The van der Waals surface area contributed by atoms with Crippen molar-refractivity contribution in [2.45, 2.75) is 41.0 Å². The fourth-order valence-corrected chi connectivity index (χ4v) is 2.55. The molecule has 0 aliphatic rings. The van der Waals surface area contributed by atoms with Gasteiger partial charge in [0.15, 0.2) is 0 Å². The Balaban J connectivity index is 2.80. The van der Waals surface area contributed by atoms with E-state index in [1.54, 1.807) is 6.07 Å². The molecule has 1 atom stereocenters. The predicted octanol–water partition coefficient (Wildman–Crippen LogP) is 5.04. The van der Waals surface area contributed by atoms with E-state index in [-0.39, 0.29) is 11.2 Å². The van der Waals surface area contributed by atoms with E-state index < -0.39 is 0 Å². The van der Waals surface area contributed by atoms with Crippen LogP contribution in [0.15, 0.2) is 22.7 Å². The lowest BCUT2D eigenvalue weighted by Gasteiger charge is -2.35. The molecule has 3 heteroatoms. The fourth-order valence-electron chi connectivity index (χ4n) is 2.22. The molecule has 20 heavy (non-hydrogen) atoms. The zero-order valence-corrected chi connectivity index (χ0v) is 14.8. The zero-order valence-electron chi connectivity index (χ0n) is 13.3. The first kappa shape index (κ1) is 17.6. The summed E-state index contributed by atoms with van der Waals surface area (Å²) in [5.41, 5.74) is 0.861. The van der Waals surface area contributed by atoms with Crippen LogP contribution in [0.1, 0.15) is 40.2 Å². The third kappa shape index (κ3) is 5.17. The van der Waals surface area contributed by atoms with Crippen molar-refractivity contribution in [3.63, 3.8) is 0 Å².